The van der Waals surface area contributed by atoms with Crippen molar-refractivity contribution in [3.63, 3.8) is 0 Å². The Morgan fingerprint density at radius 3 is 2.58 bits per heavy atom. The molecule has 1 rings (SSSR count). The summed E-state index contributed by atoms with van der Waals surface area (Å²) in [5.41, 5.74) is -0.729. The normalized spacial score (nSPS) is 21.3. The van der Waals surface area contributed by atoms with E-state index in [1.807, 2.05) is 0 Å². The van der Waals surface area contributed by atoms with Gasteiger partial charge in [0.1, 0.15) is 5.41 Å². The number of ketones is 1. The van der Waals surface area contributed by atoms with Crippen molar-refractivity contribution in [1.82, 2.24) is 0 Å². The first-order valence-corrected chi connectivity index (χ1v) is 4.27. The highest BCUT2D eigenvalue weighted by Gasteiger charge is 2.38. The van der Waals surface area contributed by atoms with Gasteiger partial charge in [-0.1, -0.05) is 6.92 Å². The van der Waals surface area contributed by atoms with Crippen molar-refractivity contribution in [2.24, 2.45) is 5.41 Å². The van der Waals surface area contributed by atoms with Gasteiger partial charge in [0.05, 0.1) is 6.07 Å². The number of carbonyl (C=O) groups excluding carboxylic acids is 1. The molecular weight excluding hydrogens is 154 g/mol. The van der Waals surface area contributed by atoms with Crippen molar-refractivity contribution >= 4 is 5.78 Å². The molecular formula is C9H13NO2. The molecule has 66 valence electrons. The number of rotatable bonds is 2. The smallest absolute Gasteiger partial charge is 0.152 e. The van der Waals surface area contributed by atoms with Crippen molar-refractivity contribution in [3.05, 3.63) is 0 Å². The van der Waals surface area contributed by atoms with E-state index in [2.05, 4.69) is 6.07 Å². The average Bonchev–Trinajstić information content (AvgIpc) is 2.17. The molecule has 1 aliphatic rings. The van der Waals surface area contributed by atoms with Gasteiger partial charge in [0.25, 0.3) is 0 Å². The highest BCUT2D eigenvalue weighted by molar-refractivity contribution is 5.87. The second-order valence-electron chi connectivity index (χ2n) is 3.08. The van der Waals surface area contributed by atoms with Crippen LogP contribution in [0.4, 0.5) is 0 Å². The number of nitriles is 1. The zero-order valence-corrected chi connectivity index (χ0v) is 7.30. The summed E-state index contributed by atoms with van der Waals surface area (Å²) in [6.45, 7) is 2.88. The quantitative estimate of drug-likeness (QED) is 0.622. The standard InChI is InChI=1S/C9H13NO2/c1-2-8(11)9(7-10)3-5-12-6-4-9/h2-6H2,1H3. The molecule has 0 aliphatic carbocycles. The number of hydrogen-bond acceptors (Lipinski definition) is 3. The summed E-state index contributed by atoms with van der Waals surface area (Å²) in [4.78, 5) is 11.4. The number of hydrogen-bond donors (Lipinski definition) is 0. The summed E-state index contributed by atoms with van der Waals surface area (Å²) in [6.07, 6.45) is 1.58. The Morgan fingerprint density at radius 2 is 2.17 bits per heavy atom. The van der Waals surface area contributed by atoms with Gasteiger partial charge in [-0.05, 0) is 12.8 Å². The monoisotopic (exact) mass is 167 g/mol. The lowest BCUT2D eigenvalue weighted by Gasteiger charge is -2.28. The number of Topliss-reactive ketones (excluding diaryl/α,β-unsaturated/α-hetero) is 1. The highest BCUT2D eigenvalue weighted by atomic mass is 16.5. The molecule has 0 unspecified atom stereocenters. The van der Waals surface area contributed by atoms with Crippen LogP contribution < -0.4 is 0 Å². The van der Waals surface area contributed by atoms with Crippen LogP contribution >= 0.6 is 0 Å². The van der Waals surface area contributed by atoms with E-state index in [1.165, 1.54) is 0 Å². The molecule has 0 N–H and O–H groups in total. The fourth-order valence-corrected chi connectivity index (χ4v) is 1.51. The van der Waals surface area contributed by atoms with E-state index in [9.17, 15) is 4.79 Å². The van der Waals surface area contributed by atoms with Crippen LogP contribution in [0.2, 0.25) is 0 Å². The summed E-state index contributed by atoms with van der Waals surface area (Å²) in [5, 5.41) is 8.92. The molecule has 0 atom stereocenters. The van der Waals surface area contributed by atoms with Crippen LogP contribution in [-0.4, -0.2) is 19.0 Å². The Balaban J connectivity index is 2.74. The largest absolute Gasteiger partial charge is 0.381 e. The highest BCUT2D eigenvalue weighted by Crippen LogP contribution is 2.31. The lowest BCUT2D eigenvalue weighted by Crippen LogP contribution is -2.35. The van der Waals surface area contributed by atoms with Gasteiger partial charge in [0, 0.05) is 19.6 Å². The summed E-state index contributed by atoms with van der Waals surface area (Å²) in [7, 11) is 0. The third kappa shape index (κ3) is 1.49. The van der Waals surface area contributed by atoms with Crippen LogP contribution in [0.25, 0.3) is 0 Å². The Hall–Kier alpha value is -0.880. The summed E-state index contributed by atoms with van der Waals surface area (Å²) < 4.78 is 5.12. The van der Waals surface area contributed by atoms with Gasteiger partial charge in [-0.25, -0.2) is 0 Å². The first kappa shape index (κ1) is 9.21. The zero-order chi connectivity index (χ0) is 9.03. The number of nitrogens with zero attached hydrogens (tertiary/aromatic N) is 1. The fraction of sp³-hybridized carbons (Fsp3) is 0.778. The van der Waals surface area contributed by atoms with Crippen LogP contribution in [0.15, 0.2) is 0 Å². The molecule has 0 spiro atoms. The molecule has 0 saturated carbocycles. The molecule has 1 aliphatic heterocycles. The number of carbonyl (C=O) groups is 1. The lowest BCUT2D eigenvalue weighted by molar-refractivity contribution is -0.129. The van der Waals surface area contributed by atoms with E-state index >= 15 is 0 Å². The maximum absolute atomic E-state index is 11.4. The summed E-state index contributed by atoms with van der Waals surface area (Å²) in [6, 6.07) is 2.14. The van der Waals surface area contributed by atoms with E-state index in [-0.39, 0.29) is 5.78 Å². The van der Waals surface area contributed by atoms with Crippen molar-refractivity contribution in [3.8, 4) is 6.07 Å². The first-order chi connectivity index (χ1) is 5.75. The van der Waals surface area contributed by atoms with Crippen molar-refractivity contribution in [1.29, 1.82) is 5.26 Å². The minimum atomic E-state index is -0.729. The van der Waals surface area contributed by atoms with E-state index < -0.39 is 5.41 Å². The molecule has 0 aromatic heterocycles. The molecule has 1 heterocycles. The maximum atomic E-state index is 11.4. The SMILES string of the molecule is CCC(=O)C1(C#N)CCOCC1. The van der Waals surface area contributed by atoms with Crippen molar-refractivity contribution < 1.29 is 9.53 Å². The molecule has 3 heteroatoms. The van der Waals surface area contributed by atoms with Crippen LogP contribution in [0, 0.1) is 16.7 Å². The molecule has 1 saturated heterocycles. The maximum Gasteiger partial charge on any atom is 0.152 e. The van der Waals surface area contributed by atoms with Crippen molar-refractivity contribution in [2.45, 2.75) is 26.2 Å². The molecule has 0 amide bonds. The van der Waals surface area contributed by atoms with Gasteiger partial charge in [-0.2, -0.15) is 5.26 Å². The molecule has 12 heavy (non-hydrogen) atoms. The Kier molecular flexibility index (Phi) is 2.83. The minimum absolute atomic E-state index is 0.0632. The summed E-state index contributed by atoms with van der Waals surface area (Å²) in [5.74, 6) is 0.0632. The van der Waals surface area contributed by atoms with Gasteiger partial charge in [0.15, 0.2) is 5.78 Å². The van der Waals surface area contributed by atoms with Gasteiger partial charge < -0.3 is 4.74 Å². The molecule has 0 radical (unpaired) electrons. The van der Waals surface area contributed by atoms with Gasteiger partial charge in [-0.3, -0.25) is 4.79 Å². The van der Waals surface area contributed by atoms with Crippen LogP contribution in [0.3, 0.4) is 0 Å². The third-order valence-corrected chi connectivity index (χ3v) is 2.42. The minimum Gasteiger partial charge on any atom is -0.381 e. The predicted molar refractivity (Wildman–Crippen MR) is 43.4 cm³/mol. The molecule has 0 bridgehead atoms. The average molecular weight is 167 g/mol. The fourth-order valence-electron chi connectivity index (χ4n) is 1.51. The second kappa shape index (κ2) is 3.68. The van der Waals surface area contributed by atoms with Crippen LogP contribution in [-0.2, 0) is 9.53 Å². The molecule has 1 fully saturated rings. The van der Waals surface area contributed by atoms with Crippen LogP contribution in [0.1, 0.15) is 26.2 Å². The first-order valence-electron chi connectivity index (χ1n) is 4.27. The third-order valence-electron chi connectivity index (χ3n) is 2.42. The predicted octanol–water partition coefficient (Wildman–Crippen LogP) is 1.29. The Labute approximate surface area is 72.3 Å². The topological polar surface area (TPSA) is 50.1 Å². The zero-order valence-electron chi connectivity index (χ0n) is 7.30. The summed E-state index contributed by atoms with van der Waals surface area (Å²) >= 11 is 0. The lowest BCUT2D eigenvalue weighted by atomic mass is 9.77. The Morgan fingerprint density at radius 1 is 1.58 bits per heavy atom. The number of ether oxygens (including phenoxy) is 1. The van der Waals surface area contributed by atoms with E-state index in [1.54, 1.807) is 6.92 Å². The Bertz CT molecular complexity index is 211. The van der Waals surface area contributed by atoms with Gasteiger partial charge >= 0.3 is 0 Å². The van der Waals surface area contributed by atoms with E-state index in [4.69, 9.17) is 10.00 Å². The van der Waals surface area contributed by atoms with Gasteiger partial charge in [-0.15, -0.1) is 0 Å². The molecule has 3 nitrogen and oxygen atoms in total. The second-order valence-corrected chi connectivity index (χ2v) is 3.08. The van der Waals surface area contributed by atoms with E-state index in [0.717, 1.165) is 0 Å². The van der Waals surface area contributed by atoms with Crippen molar-refractivity contribution in [2.75, 3.05) is 13.2 Å². The van der Waals surface area contributed by atoms with E-state index in [0.29, 0.717) is 32.5 Å². The van der Waals surface area contributed by atoms with Gasteiger partial charge in [0.2, 0.25) is 0 Å². The molecule has 0 aromatic carbocycles. The molecule has 0 aromatic rings. The van der Waals surface area contributed by atoms with Crippen LogP contribution in [0.5, 0.6) is 0 Å².